The summed E-state index contributed by atoms with van der Waals surface area (Å²) >= 11 is 3.61. The molecule has 1 aromatic rings. The second-order valence-electron chi connectivity index (χ2n) is 9.19. The first-order valence-electron chi connectivity index (χ1n) is 8.80. The van der Waals surface area contributed by atoms with Gasteiger partial charge in [0.15, 0.2) is 5.76 Å². The third-order valence-electron chi connectivity index (χ3n) is 4.22. The fraction of sp³-hybridized carbons (Fsp3) is 0.789. The highest BCUT2D eigenvalue weighted by Gasteiger charge is 2.37. The molecule has 0 aliphatic heterocycles. The number of rotatable bonds is 5. The van der Waals surface area contributed by atoms with Crippen LogP contribution in [0.5, 0.6) is 0 Å². The Morgan fingerprint density at radius 3 is 2.42 bits per heavy atom. The summed E-state index contributed by atoms with van der Waals surface area (Å²) in [5, 5.41) is 4.16. The van der Waals surface area contributed by atoms with Gasteiger partial charge in [0.1, 0.15) is 5.60 Å². The van der Waals surface area contributed by atoms with Gasteiger partial charge in [0.2, 0.25) is 0 Å². The minimum absolute atomic E-state index is 0.201. The van der Waals surface area contributed by atoms with E-state index in [1.807, 2.05) is 20.8 Å². The summed E-state index contributed by atoms with van der Waals surface area (Å²) in [5.41, 5.74) is 0.750. The highest BCUT2D eigenvalue weighted by Crippen LogP contribution is 2.48. The summed E-state index contributed by atoms with van der Waals surface area (Å²) < 4.78 is 11.8. The van der Waals surface area contributed by atoms with E-state index in [0.29, 0.717) is 24.2 Å². The van der Waals surface area contributed by atoms with E-state index in [9.17, 15) is 4.79 Å². The van der Waals surface area contributed by atoms with E-state index in [0.717, 1.165) is 34.7 Å². The first-order valence-corrected chi connectivity index (χ1v) is 9.60. The lowest BCUT2D eigenvalue weighted by molar-refractivity contribution is -0.154. The molecule has 5 heteroatoms. The van der Waals surface area contributed by atoms with Gasteiger partial charge in [-0.3, -0.25) is 4.79 Å². The summed E-state index contributed by atoms with van der Waals surface area (Å²) in [6.45, 7) is 12.5. The molecule has 1 aliphatic rings. The molecule has 0 radical (unpaired) electrons. The van der Waals surface area contributed by atoms with Gasteiger partial charge in [-0.1, -0.05) is 25.9 Å². The largest absolute Gasteiger partial charge is 0.460 e. The average molecular weight is 400 g/mol. The lowest BCUT2D eigenvalue weighted by Gasteiger charge is -2.37. The zero-order valence-electron chi connectivity index (χ0n) is 15.7. The monoisotopic (exact) mass is 399 g/mol. The molecular weight excluding hydrogens is 370 g/mol. The highest BCUT2D eigenvalue weighted by atomic mass is 79.9. The SMILES string of the molecule is CC(C)(C)CC1CC(c2onc(CCC(=O)OC(C)(C)C)c2Br)C1. The lowest BCUT2D eigenvalue weighted by atomic mass is 9.67. The molecule has 0 atom stereocenters. The van der Waals surface area contributed by atoms with Crippen molar-refractivity contribution in [3.63, 3.8) is 0 Å². The van der Waals surface area contributed by atoms with Gasteiger partial charge in [0.05, 0.1) is 16.6 Å². The Kier molecular flexibility index (Phi) is 5.83. The van der Waals surface area contributed by atoms with Gasteiger partial charge in [-0.05, 0) is 67.3 Å². The molecule has 0 bridgehead atoms. The smallest absolute Gasteiger partial charge is 0.306 e. The van der Waals surface area contributed by atoms with Crippen LogP contribution in [0.15, 0.2) is 9.00 Å². The van der Waals surface area contributed by atoms with Crippen LogP contribution in [-0.4, -0.2) is 16.7 Å². The molecule has 24 heavy (non-hydrogen) atoms. The van der Waals surface area contributed by atoms with Crippen molar-refractivity contribution >= 4 is 21.9 Å². The van der Waals surface area contributed by atoms with E-state index in [2.05, 4.69) is 41.9 Å². The number of aromatic nitrogens is 1. The zero-order chi connectivity index (χ0) is 18.1. The number of carbonyl (C=O) groups excluding carboxylic acids is 1. The highest BCUT2D eigenvalue weighted by molar-refractivity contribution is 9.10. The molecule has 1 fully saturated rings. The van der Waals surface area contributed by atoms with Gasteiger partial charge >= 0.3 is 5.97 Å². The Balaban J connectivity index is 1.85. The summed E-state index contributed by atoms with van der Waals surface area (Å²) in [5.74, 6) is 1.97. The molecule has 1 heterocycles. The molecule has 0 saturated heterocycles. The number of hydrogen-bond acceptors (Lipinski definition) is 4. The topological polar surface area (TPSA) is 52.3 Å². The van der Waals surface area contributed by atoms with Crippen LogP contribution in [0.1, 0.15) is 84.6 Å². The first-order chi connectivity index (χ1) is 10.9. The van der Waals surface area contributed by atoms with Crippen LogP contribution in [-0.2, 0) is 16.0 Å². The third-order valence-corrected chi connectivity index (χ3v) is 5.07. The number of nitrogens with zero attached hydrogens (tertiary/aromatic N) is 1. The van der Waals surface area contributed by atoms with Crippen molar-refractivity contribution in [2.24, 2.45) is 11.3 Å². The summed E-state index contributed by atoms with van der Waals surface area (Å²) in [6, 6.07) is 0. The molecule has 1 aliphatic carbocycles. The maximum absolute atomic E-state index is 11.8. The Bertz CT molecular complexity index is 574. The standard InChI is InChI=1S/C19H30BrNO3/c1-18(2,3)11-12-9-13(10-12)17-16(20)14(21-24-17)7-8-15(22)23-19(4,5)6/h12-13H,7-11H2,1-6H3. The van der Waals surface area contributed by atoms with Gasteiger partial charge in [0, 0.05) is 12.3 Å². The van der Waals surface area contributed by atoms with E-state index < -0.39 is 5.60 Å². The van der Waals surface area contributed by atoms with Crippen LogP contribution < -0.4 is 0 Å². The summed E-state index contributed by atoms with van der Waals surface area (Å²) in [6.07, 6.45) is 4.43. The van der Waals surface area contributed by atoms with Crippen LogP contribution in [0.4, 0.5) is 0 Å². The summed E-state index contributed by atoms with van der Waals surface area (Å²) in [7, 11) is 0. The lowest BCUT2D eigenvalue weighted by Crippen LogP contribution is -2.26. The number of hydrogen-bond donors (Lipinski definition) is 0. The Hall–Kier alpha value is -0.840. The van der Waals surface area contributed by atoms with Crippen LogP contribution in [0.2, 0.25) is 0 Å². The predicted octanol–water partition coefficient (Wildman–Crippen LogP) is 5.64. The normalized spacial score (nSPS) is 21.5. The Morgan fingerprint density at radius 2 is 1.88 bits per heavy atom. The Morgan fingerprint density at radius 1 is 1.25 bits per heavy atom. The van der Waals surface area contributed by atoms with E-state index in [4.69, 9.17) is 9.26 Å². The van der Waals surface area contributed by atoms with Crippen molar-refractivity contribution in [3.8, 4) is 0 Å². The third kappa shape index (κ3) is 5.61. The zero-order valence-corrected chi connectivity index (χ0v) is 17.3. The van der Waals surface area contributed by atoms with Gasteiger partial charge < -0.3 is 9.26 Å². The minimum atomic E-state index is -0.447. The number of ether oxygens (including phenoxy) is 1. The molecule has 1 aromatic heterocycles. The van der Waals surface area contributed by atoms with E-state index in [1.54, 1.807) is 0 Å². The fourth-order valence-electron chi connectivity index (χ4n) is 3.33. The van der Waals surface area contributed by atoms with Gasteiger partial charge in [0.25, 0.3) is 0 Å². The van der Waals surface area contributed by atoms with E-state index in [-0.39, 0.29) is 5.97 Å². The van der Waals surface area contributed by atoms with Crippen LogP contribution in [0.25, 0.3) is 0 Å². The summed E-state index contributed by atoms with van der Waals surface area (Å²) in [4.78, 5) is 11.8. The second kappa shape index (κ2) is 7.19. The van der Waals surface area contributed by atoms with Crippen molar-refractivity contribution < 1.29 is 14.1 Å². The molecule has 0 N–H and O–H groups in total. The van der Waals surface area contributed by atoms with Crippen molar-refractivity contribution in [2.75, 3.05) is 0 Å². The van der Waals surface area contributed by atoms with Crippen molar-refractivity contribution in [2.45, 2.75) is 85.2 Å². The number of esters is 1. The van der Waals surface area contributed by atoms with Gasteiger partial charge in [-0.25, -0.2) is 0 Å². The molecule has 136 valence electrons. The van der Waals surface area contributed by atoms with E-state index in [1.165, 1.54) is 6.42 Å². The van der Waals surface area contributed by atoms with Crippen LogP contribution in [0.3, 0.4) is 0 Å². The molecule has 0 amide bonds. The van der Waals surface area contributed by atoms with Gasteiger partial charge in [-0.15, -0.1) is 0 Å². The number of aryl methyl sites for hydroxylation is 1. The van der Waals surface area contributed by atoms with Gasteiger partial charge in [-0.2, -0.15) is 0 Å². The van der Waals surface area contributed by atoms with Crippen molar-refractivity contribution in [1.82, 2.24) is 5.16 Å². The Labute approximate surface area is 153 Å². The minimum Gasteiger partial charge on any atom is -0.460 e. The molecule has 1 saturated carbocycles. The predicted molar refractivity (Wildman–Crippen MR) is 97.9 cm³/mol. The second-order valence-corrected chi connectivity index (χ2v) is 9.99. The maximum Gasteiger partial charge on any atom is 0.306 e. The molecule has 0 spiro atoms. The number of halogens is 1. The van der Waals surface area contributed by atoms with E-state index >= 15 is 0 Å². The number of carbonyl (C=O) groups is 1. The first kappa shape index (κ1) is 19.5. The molecule has 2 rings (SSSR count). The quantitative estimate of drug-likeness (QED) is 0.600. The molecule has 4 nitrogen and oxygen atoms in total. The molecular formula is C19H30BrNO3. The molecule has 0 aromatic carbocycles. The fourth-order valence-corrected chi connectivity index (χ4v) is 4.00. The van der Waals surface area contributed by atoms with Crippen LogP contribution in [0, 0.1) is 11.3 Å². The average Bonchev–Trinajstić information content (AvgIpc) is 2.69. The maximum atomic E-state index is 11.8. The van der Waals surface area contributed by atoms with Crippen molar-refractivity contribution in [3.05, 3.63) is 15.9 Å². The van der Waals surface area contributed by atoms with Crippen LogP contribution >= 0.6 is 15.9 Å². The molecule has 0 unspecified atom stereocenters. The van der Waals surface area contributed by atoms with Crippen molar-refractivity contribution in [1.29, 1.82) is 0 Å².